The monoisotopic (exact) mass is 468 g/mol. The van der Waals surface area contributed by atoms with Crippen molar-refractivity contribution in [2.45, 2.75) is 45.2 Å². The number of hydrogen-bond donors (Lipinski definition) is 1. The lowest BCUT2D eigenvalue weighted by atomic mass is 10.0. The van der Waals surface area contributed by atoms with E-state index in [0.717, 1.165) is 12.1 Å². The number of carbonyl (C=O) groups excluding carboxylic acids is 2. The largest absolute Gasteiger partial charge is 0.356 e. The summed E-state index contributed by atoms with van der Waals surface area (Å²) in [6.07, 6.45) is 2.25. The molecule has 1 heterocycles. The Morgan fingerprint density at radius 3 is 2.39 bits per heavy atom. The van der Waals surface area contributed by atoms with Gasteiger partial charge >= 0.3 is 0 Å². The maximum Gasteiger partial charge on any atom is 0.216 e. The molecule has 0 atom stereocenters. The van der Waals surface area contributed by atoms with E-state index in [1.807, 2.05) is 28.8 Å². The molecule has 0 radical (unpaired) electrons. The number of carbonyl (C=O) groups is 2. The van der Waals surface area contributed by atoms with Crippen molar-refractivity contribution in [2.75, 3.05) is 12.3 Å². The highest BCUT2D eigenvalue weighted by Crippen LogP contribution is 2.24. The number of halogens is 1. The zero-order chi connectivity index (χ0) is 23.8. The van der Waals surface area contributed by atoms with Gasteiger partial charge in [-0.25, -0.2) is 4.39 Å². The van der Waals surface area contributed by atoms with Crippen molar-refractivity contribution < 1.29 is 14.0 Å². The van der Waals surface area contributed by atoms with Crippen molar-refractivity contribution in [1.82, 2.24) is 20.1 Å². The van der Waals surface area contributed by atoms with E-state index in [1.165, 1.54) is 36.4 Å². The minimum absolute atomic E-state index is 0.0111. The lowest BCUT2D eigenvalue weighted by Gasteiger charge is -2.10. The normalized spacial score (nSPS) is 11.1. The fraction of sp³-hybridized carbons (Fsp3) is 0.360. The van der Waals surface area contributed by atoms with Crippen LogP contribution in [0.2, 0.25) is 0 Å². The molecule has 0 unspecified atom stereocenters. The molecule has 0 saturated carbocycles. The Morgan fingerprint density at radius 1 is 1.06 bits per heavy atom. The van der Waals surface area contributed by atoms with Crippen molar-refractivity contribution >= 4 is 23.5 Å². The number of nitrogens with one attached hydrogen (secondary N) is 1. The molecule has 1 N–H and O–H groups in total. The van der Waals surface area contributed by atoms with Crippen LogP contribution < -0.4 is 5.32 Å². The third-order valence-electron chi connectivity index (χ3n) is 4.99. The number of ketones is 1. The fourth-order valence-electron chi connectivity index (χ4n) is 3.43. The topological polar surface area (TPSA) is 76.9 Å². The maximum atomic E-state index is 13.5. The fourth-order valence-corrected chi connectivity index (χ4v) is 4.29. The van der Waals surface area contributed by atoms with E-state index in [2.05, 4.69) is 29.4 Å². The van der Waals surface area contributed by atoms with Gasteiger partial charge in [-0.3, -0.25) is 14.2 Å². The Balaban J connectivity index is 1.72. The summed E-state index contributed by atoms with van der Waals surface area (Å²) in [5, 5.41) is 11.9. The van der Waals surface area contributed by atoms with Crippen molar-refractivity contribution in [3.05, 3.63) is 71.3 Å². The number of aromatic nitrogens is 3. The van der Waals surface area contributed by atoms with Crippen molar-refractivity contribution in [1.29, 1.82) is 0 Å². The summed E-state index contributed by atoms with van der Waals surface area (Å²) in [4.78, 5) is 23.9. The SMILES string of the molecule is CC(=O)NCCCc1nnc(SCC(=O)c2ccc(CC(C)C)cc2)n1-c1ccc(F)cc1. The Hall–Kier alpha value is -3.00. The summed E-state index contributed by atoms with van der Waals surface area (Å²) in [6.45, 7) is 6.34. The highest BCUT2D eigenvalue weighted by atomic mass is 32.2. The summed E-state index contributed by atoms with van der Waals surface area (Å²) in [6, 6.07) is 13.9. The second-order valence-electron chi connectivity index (χ2n) is 8.30. The highest BCUT2D eigenvalue weighted by molar-refractivity contribution is 7.99. The van der Waals surface area contributed by atoms with Crippen molar-refractivity contribution in [3.63, 3.8) is 0 Å². The second-order valence-corrected chi connectivity index (χ2v) is 9.25. The van der Waals surface area contributed by atoms with Gasteiger partial charge in [-0.15, -0.1) is 10.2 Å². The van der Waals surface area contributed by atoms with Crippen LogP contribution in [0.15, 0.2) is 53.7 Å². The number of nitrogens with zero attached hydrogens (tertiary/aromatic N) is 3. The van der Waals surface area contributed by atoms with Crippen molar-refractivity contribution in [2.24, 2.45) is 5.92 Å². The molecule has 0 saturated heterocycles. The number of hydrogen-bond acceptors (Lipinski definition) is 5. The van der Waals surface area contributed by atoms with E-state index < -0.39 is 0 Å². The molecule has 3 aromatic rings. The summed E-state index contributed by atoms with van der Waals surface area (Å²) in [5.41, 5.74) is 2.61. The van der Waals surface area contributed by atoms with E-state index >= 15 is 0 Å². The first-order valence-electron chi connectivity index (χ1n) is 11.0. The van der Waals surface area contributed by atoms with Gasteiger partial charge in [-0.1, -0.05) is 49.9 Å². The van der Waals surface area contributed by atoms with E-state index in [1.54, 1.807) is 12.1 Å². The zero-order valence-corrected chi connectivity index (χ0v) is 20.0. The van der Waals surface area contributed by atoms with Crippen LogP contribution in [0.1, 0.15) is 48.9 Å². The Bertz CT molecular complexity index is 1080. The van der Waals surface area contributed by atoms with E-state index in [0.29, 0.717) is 41.8 Å². The quantitative estimate of drug-likeness (QED) is 0.252. The van der Waals surface area contributed by atoms with Gasteiger partial charge in [0, 0.05) is 31.1 Å². The Kier molecular flexibility index (Phi) is 8.77. The average molecular weight is 469 g/mol. The first-order chi connectivity index (χ1) is 15.8. The molecular weight excluding hydrogens is 439 g/mol. The first-order valence-corrected chi connectivity index (χ1v) is 12.0. The molecule has 174 valence electrons. The number of amides is 1. The number of benzene rings is 2. The van der Waals surface area contributed by atoms with Gasteiger partial charge in [0.1, 0.15) is 11.6 Å². The van der Waals surface area contributed by atoms with Crippen LogP contribution in [0.25, 0.3) is 5.69 Å². The summed E-state index contributed by atoms with van der Waals surface area (Å²) >= 11 is 1.31. The molecule has 0 bridgehead atoms. The van der Waals surface area contributed by atoms with Gasteiger partial charge in [-0.05, 0) is 48.6 Å². The predicted octanol–water partition coefficient (Wildman–Crippen LogP) is 4.65. The van der Waals surface area contributed by atoms with Crippen LogP contribution in [0.4, 0.5) is 4.39 Å². The molecule has 0 aliphatic carbocycles. The Morgan fingerprint density at radius 2 is 1.76 bits per heavy atom. The molecule has 3 rings (SSSR count). The molecule has 2 aromatic carbocycles. The smallest absolute Gasteiger partial charge is 0.216 e. The first kappa shape index (κ1) is 24.6. The zero-order valence-electron chi connectivity index (χ0n) is 19.2. The molecule has 8 heteroatoms. The molecule has 0 spiro atoms. The molecular formula is C25H29FN4O2S. The van der Waals surface area contributed by atoms with Gasteiger partial charge in [-0.2, -0.15) is 0 Å². The third kappa shape index (κ3) is 7.25. The van der Waals surface area contributed by atoms with Gasteiger partial charge in [0.05, 0.1) is 5.75 Å². The lowest BCUT2D eigenvalue weighted by Crippen LogP contribution is -2.21. The van der Waals surface area contributed by atoms with Crippen LogP contribution in [-0.2, 0) is 17.6 Å². The predicted molar refractivity (Wildman–Crippen MR) is 128 cm³/mol. The Labute approximate surface area is 198 Å². The van der Waals surface area contributed by atoms with Crippen LogP contribution >= 0.6 is 11.8 Å². The third-order valence-corrected chi connectivity index (χ3v) is 5.92. The van der Waals surface area contributed by atoms with Gasteiger partial charge < -0.3 is 5.32 Å². The van der Waals surface area contributed by atoms with E-state index in [9.17, 15) is 14.0 Å². The molecule has 0 aliphatic heterocycles. The number of aryl methyl sites for hydroxylation is 1. The van der Waals surface area contributed by atoms with Crippen LogP contribution in [0.5, 0.6) is 0 Å². The van der Waals surface area contributed by atoms with E-state index in [4.69, 9.17) is 0 Å². The molecule has 0 aliphatic rings. The average Bonchev–Trinajstić information content (AvgIpc) is 3.18. The number of Topliss-reactive ketones (excluding diaryl/α,β-unsaturated/α-hetero) is 1. The number of rotatable bonds is 11. The van der Waals surface area contributed by atoms with Gasteiger partial charge in [0.2, 0.25) is 5.91 Å². The molecule has 1 amide bonds. The highest BCUT2D eigenvalue weighted by Gasteiger charge is 2.17. The molecule has 6 nitrogen and oxygen atoms in total. The maximum absolute atomic E-state index is 13.5. The molecule has 33 heavy (non-hydrogen) atoms. The lowest BCUT2D eigenvalue weighted by molar-refractivity contribution is -0.118. The summed E-state index contributed by atoms with van der Waals surface area (Å²) in [7, 11) is 0. The van der Waals surface area contributed by atoms with Crippen molar-refractivity contribution in [3.8, 4) is 5.69 Å². The van der Waals surface area contributed by atoms with Crippen LogP contribution in [0, 0.1) is 11.7 Å². The van der Waals surface area contributed by atoms with Gasteiger partial charge in [0.25, 0.3) is 0 Å². The minimum Gasteiger partial charge on any atom is -0.356 e. The van der Waals surface area contributed by atoms with Crippen LogP contribution in [0.3, 0.4) is 0 Å². The second kappa shape index (κ2) is 11.7. The van der Waals surface area contributed by atoms with Gasteiger partial charge in [0.15, 0.2) is 10.9 Å². The summed E-state index contributed by atoms with van der Waals surface area (Å²) in [5.74, 6) is 1.07. The van der Waals surface area contributed by atoms with E-state index in [-0.39, 0.29) is 23.3 Å². The standard InChI is InChI=1S/C25H29FN4O2S/c1-17(2)15-19-6-8-20(9-7-19)23(32)16-33-25-29-28-24(5-4-14-27-18(3)31)30(25)22-12-10-21(26)11-13-22/h6-13,17H,4-5,14-16H2,1-3H3,(H,27,31). The molecule has 1 aromatic heterocycles. The molecule has 0 fully saturated rings. The minimum atomic E-state index is -0.329. The number of thioether (sulfide) groups is 1. The van der Waals surface area contributed by atoms with Crippen LogP contribution in [-0.4, -0.2) is 38.8 Å². The summed E-state index contributed by atoms with van der Waals surface area (Å²) < 4.78 is 15.3.